The average molecular weight is 507 g/mol. The lowest BCUT2D eigenvalue weighted by molar-refractivity contribution is 0.0684. The van der Waals surface area contributed by atoms with Crippen LogP contribution >= 0.6 is 11.8 Å². The van der Waals surface area contributed by atoms with Crippen molar-refractivity contribution in [3.63, 3.8) is 0 Å². The van der Waals surface area contributed by atoms with Gasteiger partial charge in [-0.1, -0.05) is 12.1 Å². The lowest BCUT2D eigenvalue weighted by Gasteiger charge is -2.27. The number of hydrogen-bond acceptors (Lipinski definition) is 7. The van der Waals surface area contributed by atoms with Crippen LogP contribution in [0.1, 0.15) is 46.9 Å². The van der Waals surface area contributed by atoms with Crippen LogP contribution in [0, 0.1) is 0 Å². The molecule has 0 radical (unpaired) electrons. The average Bonchev–Trinajstić information content (AvgIpc) is 3.63. The first kappa shape index (κ1) is 23.6. The molecule has 1 fully saturated rings. The molecule has 0 spiro atoms. The second-order valence-electron chi connectivity index (χ2n) is 8.44. The first-order valence-electron chi connectivity index (χ1n) is 11.4. The fraction of sp³-hybridized carbons (Fsp3) is 0.435. The van der Waals surface area contributed by atoms with E-state index in [1.165, 1.54) is 15.5 Å². The van der Waals surface area contributed by atoms with Gasteiger partial charge >= 0.3 is 0 Å². The van der Waals surface area contributed by atoms with Gasteiger partial charge in [-0.15, -0.1) is 11.8 Å². The Morgan fingerprint density at radius 1 is 1.20 bits per heavy atom. The number of para-hydroxylation sites is 1. The smallest absolute Gasteiger partial charge is 0.298 e. The number of rotatable bonds is 3. The maximum absolute atomic E-state index is 13.4. The van der Waals surface area contributed by atoms with Crippen LogP contribution in [0.15, 0.2) is 39.9 Å². The lowest BCUT2D eigenvalue weighted by Crippen LogP contribution is -2.36. The third-order valence-electron chi connectivity index (χ3n) is 6.18. The van der Waals surface area contributed by atoms with Crippen LogP contribution in [0.3, 0.4) is 0 Å². The second-order valence-corrected chi connectivity index (χ2v) is 9.46. The molecule has 0 saturated carbocycles. The summed E-state index contributed by atoms with van der Waals surface area (Å²) in [5.41, 5.74) is 2.27. The number of alkyl halides is 3. The Kier molecular flexibility index (Phi) is 6.89. The summed E-state index contributed by atoms with van der Waals surface area (Å²) in [5, 5.41) is 3.26. The molecule has 0 aliphatic carbocycles. The number of carbonyl (C=O) groups excluding carboxylic acids is 1. The molecule has 12 heteroatoms. The number of oxazole rings is 1. The number of nitrogens with one attached hydrogen (secondary N) is 2. The highest BCUT2D eigenvalue weighted by Gasteiger charge is 2.34. The molecule has 2 N–H and O–H groups in total. The quantitative estimate of drug-likeness (QED) is 0.535. The number of hydrogen-bond donors (Lipinski definition) is 2. The Labute approximate surface area is 204 Å². The Morgan fingerprint density at radius 3 is 2.77 bits per heavy atom. The second kappa shape index (κ2) is 10.2. The zero-order valence-electron chi connectivity index (χ0n) is 18.8. The standard InChI is InChI=1S/C16H18F3N5O2.C7H7NS/c17-9-1-4-23(5-2-9)16-22-12(14(18)19)13(26-16)15(25)24-6-3-10-11(7-24)21-8-20-10;1-2-4-7-6(3-1)8-5-9-7/h8-9,14H,1-7H2,(H,20,21);1-4,8H,5H2. The minimum absolute atomic E-state index is 0.0465. The molecule has 186 valence electrons. The van der Waals surface area contributed by atoms with Crippen molar-refractivity contribution in [3.05, 3.63) is 53.4 Å². The largest absolute Gasteiger partial charge is 0.418 e. The summed E-state index contributed by atoms with van der Waals surface area (Å²) in [5.74, 6) is -0.0423. The zero-order valence-corrected chi connectivity index (χ0v) is 19.7. The number of imidazole rings is 1. The number of benzene rings is 1. The summed E-state index contributed by atoms with van der Waals surface area (Å²) in [6.07, 6.45) is -1.19. The van der Waals surface area contributed by atoms with Crippen LogP contribution in [0.5, 0.6) is 0 Å². The predicted molar refractivity (Wildman–Crippen MR) is 126 cm³/mol. The van der Waals surface area contributed by atoms with Crippen molar-refractivity contribution in [2.75, 3.05) is 35.7 Å². The third kappa shape index (κ3) is 5.12. The molecule has 3 aliphatic heterocycles. The van der Waals surface area contributed by atoms with Crippen molar-refractivity contribution in [1.29, 1.82) is 0 Å². The number of amides is 1. The van der Waals surface area contributed by atoms with E-state index in [1.54, 1.807) is 11.2 Å². The summed E-state index contributed by atoms with van der Waals surface area (Å²) in [4.78, 5) is 28.1. The van der Waals surface area contributed by atoms with Crippen LogP contribution in [-0.4, -0.2) is 57.4 Å². The van der Waals surface area contributed by atoms with Crippen molar-refractivity contribution in [3.8, 4) is 0 Å². The zero-order chi connectivity index (χ0) is 24.4. The van der Waals surface area contributed by atoms with E-state index in [1.807, 2.05) is 11.8 Å². The molecule has 0 unspecified atom stereocenters. The van der Waals surface area contributed by atoms with Crippen LogP contribution < -0.4 is 10.2 Å². The number of thioether (sulfide) groups is 1. The van der Waals surface area contributed by atoms with Crippen molar-refractivity contribution in [2.45, 2.75) is 43.3 Å². The van der Waals surface area contributed by atoms with Crippen molar-refractivity contribution >= 4 is 29.4 Å². The Morgan fingerprint density at radius 2 is 2.00 bits per heavy atom. The highest BCUT2D eigenvalue weighted by Crippen LogP contribution is 2.33. The maximum atomic E-state index is 13.4. The molecule has 2 aromatic heterocycles. The summed E-state index contributed by atoms with van der Waals surface area (Å²) in [6, 6.07) is 8.32. The van der Waals surface area contributed by atoms with E-state index in [9.17, 15) is 18.0 Å². The molecule has 0 bridgehead atoms. The molecule has 1 amide bonds. The van der Waals surface area contributed by atoms with Gasteiger partial charge < -0.3 is 24.5 Å². The number of piperidine rings is 1. The van der Waals surface area contributed by atoms with E-state index in [-0.39, 0.29) is 25.4 Å². The van der Waals surface area contributed by atoms with Crippen LogP contribution in [0.2, 0.25) is 0 Å². The van der Waals surface area contributed by atoms with Gasteiger partial charge in [-0.25, -0.2) is 18.2 Å². The SMILES string of the molecule is O=C(c1oc(N2CCC(F)CC2)nc1C(F)F)N1CCc2nc[nH]c2C1.c1ccc2c(c1)NCS2. The normalized spacial score (nSPS) is 17.5. The Bertz CT molecular complexity index is 1150. The number of aromatic nitrogens is 3. The monoisotopic (exact) mass is 506 g/mol. The Hall–Kier alpha value is -3.15. The van der Waals surface area contributed by atoms with Crippen LogP contribution in [0.25, 0.3) is 0 Å². The van der Waals surface area contributed by atoms with Gasteiger partial charge in [0.1, 0.15) is 6.17 Å². The summed E-state index contributed by atoms with van der Waals surface area (Å²) in [7, 11) is 0. The lowest BCUT2D eigenvalue weighted by atomic mass is 10.1. The minimum atomic E-state index is -2.93. The van der Waals surface area contributed by atoms with E-state index in [2.05, 4.69) is 44.5 Å². The highest BCUT2D eigenvalue weighted by atomic mass is 32.2. The number of aromatic amines is 1. The summed E-state index contributed by atoms with van der Waals surface area (Å²) in [6.45, 7) is 1.25. The molecule has 6 rings (SSSR count). The third-order valence-corrected chi connectivity index (χ3v) is 7.13. The van der Waals surface area contributed by atoms with Crippen molar-refractivity contribution < 1.29 is 22.4 Å². The van der Waals surface area contributed by atoms with Gasteiger partial charge in [0.05, 0.1) is 30.1 Å². The molecule has 8 nitrogen and oxygen atoms in total. The first-order chi connectivity index (χ1) is 17.0. The first-order valence-corrected chi connectivity index (χ1v) is 12.4. The van der Waals surface area contributed by atoms with E-state index in [0.717, 1.165) is 17.3 Å². The molecule has 0 atom stereocenters. The predicted octanol–water partition coefficient (Wildman–Crippen LogP) is 4.63. The molecule has 3 aliphatic rings. The topological polar surface area (TPSA) is 90.3 Å². The minimum Gasteiger partial charge on any atom is -0.418 e. The fourth-order valence-corrected chi connectivity index (χ4v) is 5.11. The van der Waals surface area contributed by atoms with E-state index < -0.39 is 30.0 Å². The molecule has 35 heavy (non-hydrogen) atoms. The van der Waals surface area contributed by atoms with E-state index in [0.29, 0.717) is 26.1 Å². The van der Waals surface area contributed by atoms with Gasteiger partial charge in [0.2, 0.25) is 5.76 Å². The summed E-state index contributed by atoms with van der Waals surface area (Å²) >= 11 is 1.86. The number of halogens is 3. The van der Waals surface area contributed by atoms with Gasteiger partial charge in [0, 0.05) is 36.6 Å². The van der Waals surface area contributed by atoms with E-state index in [4.69, 9.17) is 4.42 Å². The van der Waals surface area contributed by atoms with Crippen LogP contribution in [-0.2, 0) is 13.0 Å². The van der Waals surface area contributed by atoms with Gasteiger partial charge in [-0.3, -0.25) is 4.79 Å². The maximum Gasteiger partial charge on any atom is 0.298 e. The van der Waals surface area contributed by atoms with Gasteiger partial charge in [-0.2, -0.15) is 4.98 Å². The number of H-pyrrole nitrogens is 1. The molecular formula is C23H25F3N6O2S. The number of anilines is 2. The molecule has 3 aromatic rings. The van der Waals surface area contributed by atoms with Crippen LogP contribution in [0.4, 0.5) is 24.9 Å². The molecule has 1 aromatic carbocycles. The molecular weight excluding hydrogens is 481 g/mol. The highest BCUT2D eigenvalue weighted by molar-refractivity contribution is 7.99. The fourth-order valence-electron chi connectivity index (χ4n) is 4.26. The van der Waals surface area contributed by atoms with Crippen molar-refractivity contribution in [1.82, 2.24) is 19.9 Å². The number of fused-ring (bicyclic) bond motifs is 2. The van der Waals surface area contributed by atoms with E-state index >= 15 is 0 Å². The number of carbonyl (C=O) groups is 1. The Balaban J connectivity index is 0.000000234. The van der Waals surface area contributed by atoms with Gasteiger partial charge in [0.15, 0.2) is 5.69 Å². The molecule has 1 saturated heterocycles. The van der Waals surface area contributed by atoms with Gasteiger partial charge in [0.25, 0.3) is 18.3 Å². The molecule has 5 heterocycles. The number of nitrogens with zero attached hydrogens (tertiary/aromatic N) is 4. The van der Waals surface area contributed by atoms with Gasteiger partial charge in [-0.05, 0) is 25.0 Å². The summed E-state index contributed by atoms with van der Waals surface area (Å²) < 4.78 is 45.5. The van der Waals surface area contributed by atoms with Crippen molar-refractivity contribution in [2.24, 2.45) is 0 Å².